The van der Waals surface area contributed by atoms with Gasteiger partial charge in [-0.1, -0.05) is 24.3 Å². The number of aryl methyl sites for hydroxylation is 2. The van der Waals surface area contributed by atoms with E-state index in [1.807, 2.05) is 73.1 Å². The lowest BCUT2D eigenvalue weighted by atomic mass is 10.1. The Hall–Kier alpha value is -3.47. The zero-order chi connectivity index (χ0) is 17.8. The van der Waals surface area contributed by atoms with Crippen molar-refractivity contribution in [3.8, 4) is 5.69 Å². The van der Waals surface area contributed by atoms with E-state index in [0.717, 1.165) is 27.7 Å². The van der Waals surface area contributed by atoms with Crippen LogP contribution in [0.5, 0.6) is 0 Å². The van der Waals surface area contributed by atoms with Crippen molar-refractivity contribution in [2.75, 3.05) is 0 Å². The molecule has 0 radical (unpaired) electrons. The summed E-state index contributed by atoms with van der Waals surface area (Å²) in [4.78, 5) is 22.8. The van der Waals surface area contributed by atoms with Gasteiger partial charge in [-0.25, -0.2) is 14.6 Å². The fourth-order valence-electron chi connectivity index (χ4n) is 3.48. The Morgan fingerprint density at radius 1 is 0.846 bits per heavy atom. The van der Waals surface area contributed by atoms with Crippen LogP contribution in [0.1, 0.15) is 11.1 Å². The predicted molar refractivity (Wildman–Crippen MR) is 103 cm³/mol. The van der Waals surface area contributed by atoms with Crippen LogP contribution in [0.4, 0.5) is 0 Å². The highest BCUT2D eigenvalue weighted by Crippen LogP contribution is 2.25. The molecule has 5 heteroatoms. The van der Waals surface area contributed by atoms with Crippen LogP contribution < -0.4 is 5.56 Å². The first-order chi connectivity index (χ1) is 12.7. The van der Waals surface area contributed by atoms with Crippen molar-refractivity contribution >= 4 is 27.6 Å². The molecule has 0 N–H and O–H groups in total. The summed E-state index contributed by atoms with van der Waals surface area (Å²) in [5.74, 6) is 0. The first-order valence-corrected chi connectivity index (χ1v) is 8.50. The Morgan fingerprint density at radius 2 is 1.65 bits per heavy atom. The fraction of sp³-hybridized carbons (Fsp3) is 0.0952. The van der Waals surface area contributed by atoms with E-state index in [-0.39, 0.29) is 5.56 Å². The molecule has 0 saturated carbocycles. The molecule has 5 aromatic rings. The molecule has 0 aliphatic carbocycles. The molecule has 0 aliphatic heterocycles. The van der Waals surface area contributed by atoms with Crippen LogP contribution in [0, 0.1) is 13.8 Å². The van der Waals surface area contributed by atoms with Gasteiger partial charge in [-0.3, -0.25) is 4.79 Å². The topological polar surface area (TPSA) is 52.2 Å². The molecule has 0 bridgehead atoms. The molecule has 0 spiro atoms. The molecule has 5 rings (SSSR count). The number of hydrogen-bond donors (Lipinski definition) is 0. The summed E-state index contributed by atoms with van der Waals surface area (Å²) >= 11 is 0. The lowest BCUT2D eigenvalue weighted by Gasteiger charge is -2.09. The second-order valence-corrected chi connectivity index (χ2v) is 6.48. The van der Waals surface area contributed by atoms with Gasteiger partial charge in [-0.05, 0) is 55.3 Å². The molecule has 0 fully saturated rings. The lowest BCUT2D eigenvalue weighted by molar-refractivity contribution is 0.786. The number of benzene rings is 2. The minimum Gasteiger partial charge on any atom is -0.267 e. The maximum Gasteiger partial charge on any atom is 0.281 e. The lowest BCUT2D eigenvalue weighted by Crippen LogP contribution is -2.21. The van der Waals surface area contributed by atoms with E-state index in [0.29, 0.717) is 16.7 Å². The standard InChI is InChI=1S/C21H16N4O/c1-13-10-11-16-18(14(13)2)23-20-17-9-6-12-22-19(17)24(25(20)21(16)26)15-7-4-3-5-8-15/h3-12H,1-2H3. The van der Waals surface area contributed by atoms with Gasteiger partial charge < -0.3 is 0 Å². The van der Waals surface area contributed by atoms with Crippen LogP contribution in [-0.2, 0) is 0 Å². The molecule has 5 nitrogen and oxygen atoms in total. The highest BCUT2D eigenvalue weighted by Gasteiger charge is 2.18. The number of fused-ring (bicyclic) bond motifs is 4. The van der Waals surface area contributed by atoms with Crippen molar-refractivity contribution in [2.24, 2.45) is 0 Å². The quantitative estimate of drug-likeness (QED) is 0.466. The molecular formula is C21H16N4O. The van der Waals surface area contributed by atoms with E-state index < -0.39 is 0 Å². The summed E-state index contributed by atoms with van der Waals surface area (Å²) in [7, 11) is 0. The molecule has 0 saturated heterocycles. The summed E-state index contributed by atoms with van der Waals surface area (Å²) in [5, 5.41) is 1.47. The van der Waals surface area contributed by atoms with Gasteiger partial charge in [0.25, 0.3) is 5.56 Å². The Kier molecular flexibility index (Phi) is 3.00. The van der Waals surface area contributed by atoms with E-state index in [4.69, 9.17) is 4.98 Å². The summed E-state index contributed by atoms with van der Waals surface area (Å²) in [6.45, 7) is 4.04. The molecule has 0 amide bonds. The second kappa shape index (κ2) is 5.26. The molecule has 0 unspecified atom stereocenters. The summed E-state index contributed by atoms with van der Waals surface area (Å²) in [6.07, 6.45) is 1.74. The van der Waals surface area contributed by atoms with Crippen LogP contribution in [0.3, 0.4) is 0 Å². The van der Waals surface area contributed by atoms with Crippen molar-refractivity contribution in [2.45, 2.75) is 13.8 Å². The molecule has 3 heterocycles. The Bertz CT molecular complexity index is 1360. The van der Waals surface area contributed by atoms with Gasteiger partial charge in [0.05, 0.1) is 22.0 Å². The van der Waals surface area contributed by atoms with Crippen molar-refractivity contribution in [1.82, 2.24) is 19.2 Å². The van der Waals surface area contributed by atoms with Gasteiger partial charge in [-0.2, -0.15) is 4.52 Å². The molecule has 0 atom stereocenters. The minimum absolute atomic E-state index is 0.0880. The van der Waals surface area contributed by atoms with Crippen LogP contribution >= 0.6 is 0 Å². The number of rotatable bonds is 1. The van der Waals surface area contributed by atoms with Gasteiger partial charge in [0, 0.05) is 6.20 Å². The molecule has 0 aliphatic rings. The molecular weight excluding hydrogens is 324 g/mol. The van der Waals surface area contributed by atoms with Crippen molar-refractivity contribution in [3.05, 3.63) is 82.3 Å². The first kappa shape index (κ1) is 14.8. The van der Waals surface area contributed by atoms with Crippen LogP contribution in [0.15, 0.2) is 65.6 Å². The smallest absolute Gasteiger partial charge is 0.267 e. The average Bonchev–Trinajstić information content (AvgIpc) is 3.01. The first-order valence-electron chi connectivity index (χ1n) is 8.50. The van der Waals surface area contributed by atoms with Crippen molar-refractivity contribution < 1.29 is 0 Å². The van der Waals surface area contributed by atoms with Crippen molar-refractivity contribution in [3.63, 3.8) is 0 Å². The Balaban J connectivity index is 2.09. The van der Waals surface area contributed by atoms with Crippen molar-refractivity contribution in [1.29, 1.82) is 0 Å². The summed E-state index contributed by atoms with van der Waals surface area (Å²) in [5.41, 5.74) is 5.04. The van der Waals surface area contributed by atoms with Crippen LogP contribution in [0.2, 0.25) is 0 Å². The van der Waals surface area contributed by atoms with Gasteiger partial charge in [0.1, 0.15) is 0 Å². The van der Waals surface area contributed by atoms with E-state index in [9.17, 15) is 4.79 Å². The monoisotopic (exact) mass is 340 g/mol. The summed E-state index contributed by atoms with van der Waals surface area (Å²) in [6, 6.07) is 17.4. The maximum atomic E-state index is 13.4. The number of para-hydroxylation sites is 1. The highest BCUT2D eigenvalue weighted by molar-refractivity contribution is 5.94. The minimum atomic E-state index is -0.0880. The zero-order valence-electron chi connectivity index (χ0n) is 14.5. The van der Waals surface area contributed by atoms with Gasteiger partial charge in [0.15, 0.2) is 11.3 Å². The van der Waals surface area contributed by atoms with E-state index in [1.54, 1.807) is 10.7 Å². The SMILES string of the molecule is Cc1ccc2c(=O)n3c(nc2c1C)c1cccnc1n3-c1ccccc1. The Morgan fingerprint density at radius 3 is 2.46 bits per heavy atom. The van der Waals surface area contributed by atoms with E-state index in [2.05, 4.69) is 4.98 Å². The molecule has 2 aromatic carbocycles. The van der Waals surface area contributed by atoms with Crippen LogP contribution in [-0.4, -0.2) is 19.2 Å². The number of hydrogen-bond acceptors (Lipinski definition) is 3. The van der Waals surface area contributed by atoms with Gasteiger partial charge in [-0.15, -0.1) is 0 Å². The fourth-order valence-corrected chi connectivity index (χ4v) is 3.48. The highest BCUT2D eigenvalue weighted by atomic mass is 16.1. The predicted octanol–water partition coefficient (Wildman–Crippen LogP) is 3.80. The summed E-state index contributed by atoms with van der Waals surface area (Å²) < 4.78 is 3.47. The number of nitrogens with zero attached hydrogens (tertiary/aromatic N) is 4. The average molecular weight is 340 g/mol. The normalized spacial score (nSPS) is 11.6. The van der Waals surface area contributed by atoms with Crippen LogP contribution in [0.25, 0.3) is 33.3 Å². The number of aromatic nitrogens is 4. The largest absolute Gasteiger partial charge is 0.281 e. The third-order valence-corrected chi connectivity index (χ3v) is 4.97. The second-order valence-electron chi connectivity index (χ2n) is 6.48. The molecule has 26 heavy (non-hydrogen) atoms. The van der Waals surface area contributed by atoms with E-state index >= 15 is 0 Å². The third-order valence-electron chi connectivity index (χ3n) is 4.97. The molecule has 126 valence electrons. The van der Waals surface area contributed by atoms with Gasteiger partial charge in [0.2, 0.25) is 0 Å². The zero-order valence-corrected chi connectivity index (χ0v) is 14.5. The number of pyridine rings is 1. The Labute approximate surface area is 149 Å². The third kappa shape index (κ3) is 1.88. The van der Waals surface area contributed by atoms with E-state index in [1.165, 1.54) is 0 Å². The molecule has 3 aromatic heterocycles. The van der Waals surface area contributed by atoms with Gasteiger partial charge >= 0.3 is 0 Å². The maximum absolute atomic E-state index is 13.4.